The van der Waals surface area contributed by atoms with Gasteiger partial charge in [-0.3, -0.25) is 4.79 Å². The monoisotopic (exact) mass is 315 g/mol. The number of carbonyl (C=O) groups excluding carboxylic acids is 2. The molecule has 4 heteroatoms. The highest BCUT2D eigenvalue weighted by Crippen LogP contribution is 2.24. The summed E-state index contributed by atoms with van der Waals surface area (Å²) in [7, 11) is 0. The number of fused-ring (bicyclic) bond motifs is 1. The molecule has 124 valence electrons. The number of hydrogen-bond donors (Lipinski definition) is 1. The predicted molar refractivity (Wildman–Crippen MR) is 90.0 cm³/mol. The molecule has 1 aromatic rings. The lowest BCUT2D eigenvalue weighted by atomic mass is 9.89. The van der Waals surface area contributed by atoms with Crippen LogP contribution in [0.25, 0.3) is 0 Å². The van der Waals surface area contributed by atoms with Gasteiger partial charge in [-0.1, -0.05) is 31.2 Å². The fraction of sp³-hybridized carbons (Fsp3) is 0.474. The van der Waals surface area contributed by atoms with Gasteiger partial charge in [-0.05, 0) is 55.7 Å². The molecule has 0 bridgehead atoms. The molecule has 0 saturated carbocycles. The molecule has 1 amide bonds. The van der Waals surface area contributed by atoms with Gasteiger partial charge in [-0.15, -0.1) is 0 Å². The Kier molecular flexibility index (Phi) is 6.39. The second kappa shape index (κ2) is 8.51. The van der Waals surface area contributed by atoms with Crippen molar-refractivity contribution in [3.63, 3.8) is 0 Å². The summed E-state index contributed by atoms with van der Waals surface area (Å²) >= 11 is 0. The van der Waals surface area contributed by atoms with E-state index in [1.54, 1.807) is 6.08 Å². The predicted octanol–water partition coefficient (Wildman–Crippen LogP) is 3.25. The summed E-state index contributed by atoms with van der Waals surface area (Å²) in [5, 5.41) is 2.87. The van der Waals surface area contributed by atoms with Gasteiger partial charge >= 0.3 is 5.97 Å². The van der Waals surface area contributed by atoms with Crippen LogP contribution in [0.3, 0.4) is 0 Å². The average molecular weight is 315 g/mol. The van der Waals surface area contributed by atoms with E-state index in [1.165, 1.54) is 30.0 Å². The van der Waals surface area contributed by atoms with E-state index < -0.39 is 5.97 Å². The summed E-state index contributed by atoms with van der Waals surface area (Å²) in [4.78, 5) is 23.2. The highest BCUT2D eigenvalue weighted by molar-refractivity contribution is 5.85. The second-order valence-corrected chi connectivity index (χ2v) is 5.94. The van der Waals surface area contributed by atoms with Crippen molar-refractivity contribution in [2.75, 3.05) is 6.61 Å². The summed E-state index contributed by atoms with van der Waals surface area (Å²) in [6.07, 6.45) is 8.57. The Hall–Kier alpha value is -2.10. The molecule has 4 nitrogen and oxygen atoms in total. The summed E-state index contributed by atoms with van der Waals surface area (Å²) in [5.41, 5.74) is 3.91. The van der Waals surface area contributed by atoms with Gasteiger partial charge < -0.3 is 10.1 Å². The first-order valence-corrected chi connectivity index (χ1v) is 8.34. The number of hydrogen-bond acceptors (Lipinski definition) is 3. The molecular formula is C19H25NO3. The molecule has 1 aromatic carbocycles. The van der Waals surface area contributed by atoms with Gasteiger partial charge in [0.25, 0.3) is 5.91 Å². The zero-order chi connectivity index (χ0) is 16.7. The fourth-order valence-corrected chi connectivity index (χ4v) is 2.79. The number of benzene rings is 1. The molecule has 2 rings (SSSR count). The lowest BCUT2D eigenvalue weighted by Crippen LogP contribution is -2.31. The lowest BCUT2D eigenvalue weighted by molar-refractivity contribution is -0.144. The average Bonchev–Trinajstić information content (AvgIpc) is 2.57. The summed E-state index contributed by atoms with van der Waals surface area (Å²) in [5.74, 6) is -0.767. The molecule has 1 aliphatic carbocycles. The Morgan fingerprint density at radius 2 is 2.00 bits per heavy atom. The van der Waals surface area contributed by atoms with Crippen molar-refractivity contribution in [2.45, 2.75) is 52.0 Å². The summed E-state index contributed by atoms with van der Waals surface area (Å²) in [6.45, 7) is 3.63. The Morgan fingerprint density at radius 3 is 2.74 bits per heavy atom. The van der Waals surface area contributed by atoms with Crippen LogP contribution in [0.4, 0.5) is 0 Å². The van der Waals surface area contributed by atoms with Crippen LogP contribution in [0.15, 0.2) is 30.4 Å². The minimum atomic E-state index is -0.483. The van der Waals surface area contributed by atoms with Crippen molar-refractivity contribution in [1.82, 2.24) is 5.32 Å². The van der Waals surface area contributed by atoms with Crippen molar-refractivity contribution in [3.8, 4) is 0 Å². The third-order valence-corrected chi connectivity index (χ3v) is 4.09. The van der Waals surface area contributed by atoms with Crippen LogP contribution in [-0.4, -0.2) is 18.5 Å². The number of nitrogens with one attached hydrogen (secondary N) is 1. The van der Waals surface area contributed by atoms with Gasteiger partial charge in [0, 0.05) is 6.08 Å². The first-order chi connectivity index (χ1) is 11.1. The molecule has 1 atom stereocenters. The maximum Gasteiger partial charge on any atom is 0.330 e. The van der Waals surface area contributed by atoms with Gasteiger partial charge in [-0.2, -0.15) is 0 Å². The normalized spacial score (nSPS) is 15.0. The molecule has 1 aliphatic rings. The molecule has 23 heavy (non-hydrogen) atoms. The highest BCUT2D eigenvalue weighted by Gasteiger charge is 2.14. The number of rotatable bonds is 6. The van der Waals surface area contributed by atoms with Crippen molar-refractivity contribution >= 4 is 11.9 Å². The number of amides is 1. The number of aryl methyl sites for hydroxylation is 2. The van der Waals surface area contributed by atoms with Gasteiger partial charge in [0.15, 0.2) is 6.61 Å². The third-order valence-electron chi connectivity index (χ3n) is 4.09. The van der Waals surface area contributed by atoms with Crippen LogP contribution >= 0.6 is 0 Å². The van der Waals surface area contributed by atoms with E-state index in [-0.39, 0.29) is 18.6 Å². The van der Waals surface area contributed by atoms with Gasteiger partial charge in [-0.25, -0.2) is 4.79 Å². The minimum absolute atomic E-state index is 0.0976. The van der Waals surface area contributed by atoms with Crippen LogP contribution in [-0.2, 0) is 27.2 Å². The zero-order valence-corrected chi connectivity index (χ0v) is 13.9. The zero-order valence-electron chi connectivity index (χ0n) is 13.9. The Labute approximate surface area is 137 Å². The molecule has 0 aliphatic heterocycles. The lowest BCUT2D eigenvalue weighted by Gasteiger charge is -2.20. The van der Waals surface area contributed by atoms with Crippen molar-refractivity contribution in [2.24, 2.45) is 0 Å². The highest BCUT2D eigenvalue weighted by atomic mass is 16.5. The molecule has 0 unspecified atom stereocenters. The maximum atomic E-state index is 11.9. The second-order valence-electron chi connectivity index (χ2n) is 5.94. The van der Waals surface area contributed by atoms with Crippen molar-refractivity contribution in [3.05, 3.63) is 47.0 Å². The quantitative estimate of drug-likeness (QED) is 0.647. The van der Waals surface area contributed by atoms with E-state index in [0.717, 1.165) is 24.8 Å². The third kappa shape index (κ3) is 5.23. The topological polar surface area (TPSA) is 55.4 Å². The van der Waals surface area contributed by atoms with E-state index in [0.29, 0.717) is 0 Å². The first kappa shape index (κ1) is 17.3. The van der Waals surface area contributed by atoms with Crippen molar-refractivity contribution in [1.29, 1.82) is 0 Å². The van der Waals surface area contributed by atoms with E-state index in [9.17, 15) is 9.59 Å². The molecule has 0 saturated heterocycles. The molecule has 0 radical (unpaired) electrons. The van der Waals surface area contributed by atoms with Gasteiger partial charge in [0.1, 0.15) is 0 Å². The maximum absolute atomic E-state index is 11.9. The minimum Gasteiger partial charge on any atom is -0.452 e. The Balaban J connectivity index is 1.86. The smallest absolute Gasteiger partial charge is 0.330 e. The largest absolute Gasteiger partial charge is 0.452 e. The van der Waals surface area contributed by atoms with E-state index in [2.05, 4.69) is 23.5 Å². The van der Waals surface area contributed by atoms with Crippen LogP contribution in [0, 0.1) is 0 Å². The van der Waals surface area contributed by atoms with Crippen LogP contribution in [0.5, 0.6) is 0 Å². The molecule has 0 aromatic heterocycles. The fourth-order valence-electron chi connectivity index (χ4n) is 2.79. The number of carbonyl (C=O) groups is 2. The Morgan fingerprint density at radius 1 is 1.26 bits per heavy atom. The van der Waals surface area contributed by atoms with Crippen molar-refractivity contribution < 1.29 is 14.3 Å². The number of esters is 1. The van der Waals surface area contributed by atoms with Gasteiger partial charge in [0.2, 0.25) is 0 Å². The molecule has 0 spiro atoms. The standard InChI is InChI=1S/C19H25NO3/c1-3-4-9-19(22)23-13-18(21)20-14(2)16-11-10-15-7-5-6-8-17(15)12-16/h4,9-12,14H,3,5-8,13H2,1-2H3,(H,20,21)/b9-4-/t14-/m0/s1. The summed E-state index contributed by atoms with van der Waals surface area (Å²) in [6, 6.07) is 6.34. The SMILES string of the molecule is CC/C=C\C(=O)OCC(=O)N[C@@H](C)c1ccc2c(c1)CCCC2. The van der Waals surface area contributed by atoms with E-state index >= 15 is 0 Å². The molecule has 0 fully saturated rings. The van der Waals surface area contributed by atoms with Gasteiger partial charge in [0.05, 0.1) is 6.04 Å². The molecule has 1 N–H and O–H groups in total. The van der Waals surface area contributed by atoms with Crippen LogP contribution in [0.2, 0.25) is 0 Å². The van der Waals surface area contributed by atoms with Crippen LogP contribution < -0.4 is 5.32 Å². The van der Waals surface area contributed by atoms with E-state index in [4.69, 9.17) is 4.74 Å². The van der Waals surface area contributed by atoms with Crippen LogP contribution in [0.1, 0.15) is 55.8 Å². The molecule has 0 heterocycles. The molecular weight excluding hydrogens is 290 g/mol. The first-order valence-electron chi connectivity index (χ1n) is 8.34. The Bertz CT molecular complexity index is 592. The summed E-state index contributed by atoms with van der Waals surface area (Å²) < 4.78 is 4.90. The number of ether oxygens (including phenoxy) is 1. The number of allylic oxidation sites excluding steroid dienone is 1. The van der Waals surface area contributed by atoms with E-state index in [1.807, 2.05) is 13.8 Å².